The van der Waals surface area contributed by atoms with E-state index < -0.39 is 4.92 Å². The molecule has 0 aliphatic carbocycles. The Bertz CT molecular complexity index is 629. The molecule has 96 valence electrons. The highest BCUT2D eigenvalue weighted by Crippen LogP contribution is 2.22. The van der Waals surface area contributed by atoms with Crippen LogP contribution in [-0.4, -0.2) is 9.91 Å². The van der Waals surface area contributed by atoms with E-state index in [0.29, 0.717) is 21.3 Å². The van der Waals surface area contributed by atoms with Gasteiger partial charge in [-0.1, -0.05) is 36.0 Å². The number of nitro groups is 1. The fourth-order valence-electron chi connectivity index (χ4n) is 1.49. The van der Waals surface area contributed by atoms with Crippen molar-refractivity contribution in [3.8, 4) is 0 Å². The fraction of sp³-hybridized carbons (Fsp3) is 0. The number of thiocarbonyl (C=S) groups is 1. The van der Waals surface area contributed by atoms with Crippen LogP contribution >= 0.6 is 23.8 Å². The van der Waals surface area contributed by atoms with E-state index >= 15 is 0 Å². The number of halogens is 1. The Hall–Kier alpha value is -1.98. The number of para-hydroxylation sites is 1. The summed E-state index contributed by atoms with van der Waals surface area (Å²) in [7, 11) is 0. The zero-order valence-electron chi connectivity index (χ0n) is 9.67. The molecule has 2 rings (SSSR count). The highest BCUT2D eigenvalue weighted by molar-refractivity contribution is 7.81. The molecule has 2 aromatic carbocycles. The Morgan fingerprint density at radius 3 is 2.37 bits per heavy atom. The summed E-state index contributed by atoms with van der Waals surface area (Å²) in [5, 5.41) is 14.1. The van der Waals surface area contributed by atoms with Crippen LogP contribution in [0.5, 0.6) is 0 Å². The van der Waals surface area contributed by atoms with Gasteiger partial charge in [0.2, 0.25) is 0 Å². The lowest BCUT2D eigenvalue weighted by molar-refractivity contribution is -0.384. The van der Waals surface area contributed by atoms with Crippen LogP contribution in [0.2, 0.25) is 5.02 Å². The second-order valence-corrected chi connectivity index (χ2v) is 4.55. The van der Waals surface area contributed by atoms with Crippen LogP contribution in [0.15, 0.2) is 48.5 Å². The molecule has 0 radical (unpaired) electrons. The molecule has 0 unspecified atom stereocenters. The highest BCUT2D eigenvalue weighted by atomic mass is 35.5. The van der Waals surface area contributed by atoms with Gasteiger partial charge in [0.15, 0.2) is 0 Å². The number of hydrogen-bond donors (Lipinski definition) is 1. The van der Waals surface area contributed by atoms with Crippen molar-refractivity contribution >= 4 is 40.2 Å². The smallest absolute Gasteiger partial charge is 0.269 e. The van der Waals surface area contributed by atoms with Crippen molar-refractivity contribution in [1.29, 1.82) is 0 Å². The number of nitro benzene ring substituents is 1. The highest BCUT2D eigenvalue weighted by Gasteiger charge is 2.08. The second-order valence-electron chi connectivity index (χ2n) is 3.74. The topological polar surface area (TPSA) is 55.2 Å². The van der Waals surface area contributed by atoms with Gasteiger partial charge in [-0.25, -0.2) is 0 Å². The van der Waals surface area contributed by atoms with E-state index in [1.807, 2.05) is 12.1 Å². The predicted molar refractivity (Wildman–Crippen MR) is 79.9 cm³/mol. The molecule has 0 saturated heterocycles. The molecule has 0 aliphatic rings. The molecule has 0 aliphatic heterocycles. The van der Waals surface area contributed by atoms with E-state index in [9.17, 15) is 10.1 Å². The molecule has 19 heavy (non-hydrogen) atoms. The molecular formula is C13H9ClN2O2S. The van der Waals surface area contributed by atoms with Gasteiger partial charge in [0.1, 0.15) is 4.99 Å². The normalized spacial score (nSPS) is 9.95. The maximum Gasteiger partial charge on any atom is 0.269 e. The van der Waals surface area contributed by atoms with Crippen molar-refractivity contribution in [2.45, 2.75) is 0 Å². The van der Waals surface area contributed by atoms with Gasteiger partial charge in [-0.05, 0) is 24.3 Å². The van der Waals surface area contributed by atoms with Crippen LogP contribution in [0.4, 0.5) is 11.4 Å². The molecule has 0 fully saturated rings. The summed E-state index contributed by atoms with van der Waals surface area (Å²) in [5.41, 5.74) is 1.43. The summed E-state index contributed by atoms with van der Waals surface area (Å²) >= 11 is 11.2. The Kier molecular flexibility index (Phi) is 4.09. The number of nitrogens with zero attached hydrogens (tertiary/aromatic N) is 1. The first-order chi connectivity index (χ1) is 9.08. The molecule has 1 N–H and O–H groups in total. The van der Waals surface area contributed by atoms with Crippen LogP contribution in [-0.2, 0) is 0 Å². The van der Waals surface area contributed by atoms with Gasteiger partial charge in [0, 0.05) is 17.7 Å². The van der Waals surface area contributed by atoms with Gasteiger partial charge in [-0.15, -0.1) is 0 Å². The van der Waals surface area contributed by atoms with E-state index in [4.69, 9.17) is 23.8 Å². The van der Waals surface area contributed by atoms with E-state index in [-0.39, 0.29) is 5.69 Å². The van der Waals surface area contributed by atoms with Crippen LogP contribution in [0.1, 0.15) is 5.56 Å². The summed E-state index contributed by atoms with van der Waals surface area (Å²) < 4.78 is 0. The van der Waals surface area contributed by atoms with Crippen molar-refractivity contribution in [3.05, 3.63) is 69.2 Å². The number of rotatable bonds is 3. The van der Waals surface area contributed by atoms with Gasteiger partial charge < -0.3 is 5.32 Å². The zero-order chi connectivity index (χ0) is 13.8. The number of benzene rings is 2. The van der Waals surface area contributed by atoms with E-state index in [0.717, 1.165) is 0 Å². The van der Waals surface area contributed by atoms with Gasteiger partial charge >= 0.3 is 0 Å². The minimum absolute atomic E-state index is 0.0318. The lowest BCUT2D eigenvalue weighted by Gasteiger charge is -2.09. The largest absolute Gasteiger partial charge is 0.345 e. The third-order valence-corrected chi connectivity index (χ3v) is 3.13. The third kappa shape index (κ3) is 3.27. The average molecular weight is 293 g/mol. The molecule has 0 atom stereocenters. The van der Waals surface area contributed by atoms with E-state index in [1.165, 1.54) is 12.1 Å². The molecule has 0 heterocycles. The monoisotopic (exact) mass is 292 g/mol. The van der Waals surface area contributed by atoms with Gasteiger partial charge in [-0.2, -0.15) is 0 Å². The molecule has 6 heteroatoms. The van der Waals surface area contributed by atoms with Gasteiger partial charge in [0.05, 0.1) is 15.6 Å². The Balaban J connectivity index is 2.16. The minimum Gasteiger partial charge on any atom is -0.345 e. The summed E-state index contributed by atoms with van der Waals surface area (Å²) in [6.45, 7) is 0. The first-order valence-electron chi connectivity index (χ1n) is 5.38. The number of hydrogen-bond acceptors (Lipinski definition) is 3. The molecule has 2 aromatic rings. The second kappa shape index (κ2) is 5.77. The maximum absolute atomic E-state index is 10.6. The molecule has 0 spiro atoms. The van der Waals surface area contributed by atoms with E-state index in [2.05, 4.69) is 5.32 Å². The molecule has 0 saturated carbocycles. The lowest BCUT2D eigenvalue weighted by Crippen LogP contribution is -2.10. The van der Waals surface area contributed by atoms with Crippen molar-refractivity contribution < 1.29 is 4.92 Å². The van der Waals surface area contributed by atoms with Crippen molar-refractivity contribution in [1.82, 2.24) is 0 Å². The predicted octanol–water partition coefficient (Wildman–Crippen LogP) is 4.04. The first-order valence-corrected chi connectivity index (χ1v) is 6.17. The SMILES string of the molecule is O=[N+]([O-])c1ccc(C(=S)Nc2ccccc2Cl)cc1. The summed E-state index contributed by atoms with van der Waals surface area (Å²) in [6.07, 6.45) is 0. The molecule has 0 amide bonds. The van der Waals surface area contributed by atoms with E-state index in [1.54, 1.807) is 24.3 Å². The van der Waals surface area contributed by atoms with Crippen molar-refractivity contribution in [2.24, 2.45) is 0 Å². The summed E-state index contributed by atoms with van der Waals surface area (Å²) in [5.74, 6) is 0. The standard InChI is InChI=1S/C13H9ClN2O2S/c14-11-3-1-2-4-12(11)15-13(19)9-5-7-10(8-6-9)16(17)18/h1-8H,(H,15,19). The van der Waals surface area contributed by atoms with Gasteiger partial charge in [0.25, 0.3) is 5.69 Å². The molecule has 4 nitrogen and oxygen atoms in total. The summed E-state index contributed by atoms with van der Waals surface area (Å²) in [4.78, 5) is 10.6. The molecule has 0 bridgehead atoms. The van der Waals surface area contributed by atoms with Crippen LogP contribution in [0, 0.1) is 10.1 Å². The first kappa shape index (κ1) is 13.5. The Morgan fingerprint density at radius 2 is 1.79 bits per heavy atom. The van der Waals surface area contributed by atoms with Gasteiger partial charge in [-0.3, -0.25) is 10.1 Å². The molecule has 0 aromatic heterocycles. The zero-order valence-corrected chi connectivity index (χ0v) is 11.2. The summed E-state index contributed by atoms with van der Waals surface area (Å²) in [6, 6.07) is 13.2. The Morgan fingerprint density at radius 1 is 1.16 bits per heavy atom. The van der Waals surface area contributed by atoms with Crippen molar-refractivity contribution in [3.63, 3.8) is 0 Å². The van der Waals surface area contributed by atoms with Crippen LogP contribution in [0.3, 0.4) is 0 Å². The number of anilines is 1. The number of nitrogens with one attached hydrogen (secondary N) is 1. The molecular weight excluding hydrogens is 284 g/mol. The minimum atomic E-state index is -0.450. The van der Waals surface area contributed by atoms with Crippen LogP contribution in [0.25, 0.3) is 0 Å². The number of non-ortho nitro benzene ring substituents is 1. The Labute approximate surface area is 120 Å². The fourth-order valence-corrected chi connectivity index (χ4v) is 1.92. The quantitative estimate of drug-likeness (QED) is 0.527. The maximum atomic E-state index is 10.6. The third-order valence-electron chi connectivity index (χ3n) is 2.46. The van der Waals surface area contributed by atoms with Crippen LogP contribution < -0.4 is 5.32 Å². The average Bonchev–Trinajstić information content (AvgIpc) is 2.41. The van der Waals surface area contributed by atoms with Crippen molar-refractivity contribution in [2.75, 3.05) is 5.32 Å². The lowest BCUT2D eigenvalue weighted by atomic mass is 10.2.